The number of anilines is 1. The summed E-state index contributed by atoms with van der Waals surface area (Å²) in [5.74, 6) is -0.0701. The number of halogens is 1. The van der Waals surface area contributed by atoms with Crippen molar-refractivity contribution in [3.63, 3.8) is 0 Å². The second kappa shape index (κ2) is 8.32. The minimum atomic E-state index is -0.490. The van der Waals surface area contributed by atoms with Crippen molar-refractivity contribution in [2.75, 3.05) is 19.5 Å². The number of hydrogen-bond donors (Lipinski definition) is 4. The monoisotopic (exact) mass is 475 g/mol. The fraction of sp³-hybridized carbons (Fsp3) is 0.160. The lowest BCUT2D eigenvalue weighted by Gasteiger charge is -2.05. The maximum absolute atomic E-state index is 15.0. The third-order valence-electron chi connectivity index (χ3n) is 5.92. The van der Waals surface area contributed by atoms with Crippen LogP contribution in [0.15, 0.2) is 36.1 Å². The lowest BCUT2D eigenvalue weighted by molar-refractivity contribution is 0.101. The van der Waals surface area contributed by atoms with Gasteiger partial charge >= 0.3 is 6.03 Å². The first-order valence-corrected chi connectivity index (χ1v) is 10.8. The SMILES string of the molecule is CNC(=O)Nc1ccc2c(c1)C(=O)C(=Cc1c(-c3c(C)n[nH]c3C)[nH]c3c(F)cc(OC)cc13)O2. The topological polar surface area (TPSA) is 121 Å². The van der Waals surface area contributed by atoms with Crippen molar-refractivity contribution in [1.29, 1.82) is 0 Å². The average molecular weight is 475 g/mol. The van der Waals surface area contributed by atoms with Crippen LogP contribution in [-0.4, -0.2) is 41.2 Å². The molecule has 5 rings (SSSR count). The van der Waals surface area contributed by atoms with Crippen LogP contribution in [0.4, 0.5) is 14.9 Å². The fourth-order valence-corrected chi connectivity index (χ4v) is 4.22. The van der Waals surface area contributed by atoms with Crippen molar-refractivity contribution in [3.05, 3.63) is 64.4 Å². The number of Topliss-reactive ketones (excluding diaryl/α,β-unsaturated/α-hetero) is 1. The summed E-state index contributed by atoms with van der Waals surface area (Å²) in [7, 11) is 2.96. The van der Waals surface area contributed by atoms with E-state index in [4.69, 9.17) is 9.47 Å². The molecule has 4 aromatic rings. The van der Waals surface area contributed by atoms with Gasteiger partial charge in [0, 0.05) is 41.0 Å². The fourth-order valence-electron chi connectivity index (χ4n) is 4.22. The van der Waals surface area contributed by atoms with Gasteiger partial charge in [-0.3, -0.25) is 9.89 Å². The van der Waals surface area contributed by atoms with Gasteiger partial charge in [0.25, 0.3) is 0 Å². The van der Waals surface area contributed by atoms with Crippen molar-refractivity contribution < 1.29 is 23.5 Å². The number of aryl methyl sites for hydroxylation is 2. The van der Waals surface area contributed by atoms with Gasteiger partial charge in [0.15, 0.2) is 11.6 Å². The number of hydrogen-bond acceptors (Lipinski definition) is 5. The van der Waals surface area contributed by atoms with E-state index in [9.17, 15) is 14.0 Å². The van der Waals surface area contributed by atoms with Gasteiger partial charge in [0.1, 0.15) is 11.5 Å². The zero-order valence-electron chi connectivity index (χ0n) is 19.4. The third-order valence-corrected chi connectivity index (χ3v) is 5.92. The number of allylic oxidation sites excluding steroid dienone is 1. The molecule has 3 heterocycles. The van der Waals surface area contributed by atoms with Crippen LogP contribution in [0, 0.1) is 19.7 Å². The summed E-state index contributed by atoms with van der Waals surface area (Å²) in [5, 5.41) is 12.8. The molecule has 0 bridgehead atoms. The molecule has 4 N–H and O–H groups in total. The summed E-state index contributed by atoms with van der Waals surface area (Å²) >= 11 is 0. The molecule has 0 atom stereocenters. The van der Waals surface area contributed by atoms with Gasteiger partial charge in [0.05, 0.1) is 29.6 Å². The summed E-state index contributed by atoms with van der Waals surface area (Å²) in [6.07, 6.45) is 1.59. The molecule has 0 unspecified atom stereocenters. The van der Waals surface area contributed by atoms with Gasteiger partial charge in [0.2, 0.25) is 5.78 Å². The molecule has 1 aliphatic heterocycles. The van der Waals surface area contributed by atoms with Gasteiger partial charge in [-0.15, -0.1) is 0 Å². The molecule has 35 heavy (non-hydrogen) atoms. The van der Waals surface area contributed by atoms with Crippen LogP contribution in [0.25, 0.3) is 28.2 Å². The summed E-state index contributed by atoms with van der Waals surface area (Å²) in [6, 6.07) is 7.40. The van der Waals surface area contributed by atoms with Gasteiger partial charge in [-0.05, 0) is 44.2 Å². The maximum Gasteiger partial charge on any atom is 0.318 e. The number of H-pyrrole nitrogens is 2. The number of ether oxygens (including phenoxy) is 2. The van der Waals surface area contributed by atoms with Crippen LogP contribution in [0.5, 0.6) is 11.5 Å². The highest BCUT2D eigenvalue weighted by atomic mass is 19.1. The van der Waals surface area contributed by atoms with Crippen molar-refractivity contribution >= 4 is 34.5 Å². The largest absolute Gasteiger partial charge is 0.497 e. The Hall–Kier alpha value is -4.60. The van der Waals surface area contributed by atoms with Crippen LogP contribution in [0.1, 0.15) is 27.3 Å². The van der Waals surface area contributed by atoms with Crippen molar-refractivity contribution in [3.8, 4) is 22.8 Å². The Balaban J connectivity index is 1.67. The van der Waals surface area contributed by atoms with E-state index in [0.717, 1.165) is 11.3 Å². The summed E-state index contributed by atoms with van der Waals surface area (Å²) in [6.45, 7) is 3.70. The molecule has 0 radical (unpaired) electrons. The van der Waals surface area contributed by atoms with E-state index in [2.05, 4.69) is 25.8 Å². The standard InChI is InChI=1S/C25H22FN5O4/c1-11-21(12(2)31-30-11)23-16(15-8-14(34-4)9-18(26)22(15)29-23)10-20-24(32)17-7-13(28-25(33)27-3)5-6-19(17)35-20/h5-10,29H,1-4H3,(H,30,31)(H2,27,28,33). The molecule has 2 aromatic heterocycles. The number of aromatic nitrogens is 3. The predicted molar refractivity (Wildman–Crippen MR) is 129 cm³/mol. The van der Waals surface area contributed by atoms with Crippen molar-refractivity contribution in [1.82, 2.24) is 20.5 Å². The molecule has 0 aliphatic carbocycles. The number of carbonyl (C=O) groups is 2. The molecule has 0 spiro atoms. The Labute approximate surface area is 199 Å². The Kier molecular flexibility index (Phi) is 5.28. The van der Waals surface area contributed by atoms with Gasteiger partial charge in [-0.1, -0.05) is 0 Å². The molecule has 1 aliphatic rings. The van der Waals surface area contributed by atoms with E-state index >= 15 is 0 Å². The Bertz CT molecular complexity index is 1530. The van der Waals surface area contributed by atoms with E-state index in [1.807, 2.05) is 13.8 Å². The van der Waals surface area contributed by atoms with Crippen molar-refractivity contribution in [2.24, 2.45) is 0 Å². The molecule has 10 heteroatoms. The van der Waals surface area contributed by atoms with Crippen LogP contribution >= 0.6 is 0 Å². The predicted octanol–water partition coefficient (Wildman–Crippen LogP) is 4.69. The van der Waals surface area contributed by atoms with Crippen LogP contribution in [0.3, 0.4) is 0 Å². The lowest BCUT2D eigenvalue weighted by atomic mass is 10.0. The first kappa shape index (κ1) is 22.2. The smallest absolute Gasteiger partial charge is 0.318 e. The number of fused-ring (bicyclic) bond motifs is 2. The number of carbonyl (C=O) groups excluding carboxylic acids is 2. The molecule has 0 saturated heterocycles. The normalized spacial score (nSPS) is 13.7. The van der Waals surface area contributed by atoms with Gasteiger partial charge in [-0.2, -0.15) is 5.10 Å². The van der Waals surface area contributed by atoms with E-state index in [0.29, 0.717) is 45.1 Å². The molecule has 9 nitrogen and oxygen atoms in total. The number of urea groups is 1. The second-order valence-corrected chi connectivity index (χ2v) is 8.11. The van der Waals surface area contributed by atoms with E-state index in [1.165, 1.54) is 20.2 Å². The minimum absolute atomic E-state index is 0.0706. The highest BCUT2D eigenvalue weighted by Crippen LogP contribution is 2.40. The molecule has 0 saturated carbocycles. The number of methoxy groups -OCH3 is 1. The molecule has 178 valence electrons. The number of amides is 2. The number of benzene rings is 2. The summed E-state index contributed by atoms with van der Waals surface area (Å²) in [4.78, 5) is 28.0. The molecular weight excluding hydrogens is 453 g/mol. The molecule has 2 aromatic carbocycles. The number of nitrogens with one attached hydrogen (secondary N) is 4. The Morgan fingerprint density at radius 3 is 2.71 bits per heavy atom. The van der Waals surface area contributed by atoms with E-state index in [1.54, 1.807) is 30.3 Å². The third kappa shape index (κ3) is 3.68. The minimum Gasteiger partial charge on any atom is -0.497 e. The molecule has 0 fully saturated rings. The summed E-state index contributed by atoms with van der Waals surface area (Å²) < 4.78 is 26.1. The van der Waals surface area contributed by atoms with E-state index < -0.39 is 11.8 Å². The Morgan fingerprint density at radius 2 is 2.03 bits per heavy atom. The summed E-state index contributed by atoms with van der Waals surface area (Å²) in [5.41, 5.74) is 4.46. The van der Waals surface area contributed by atoms with Crippen LogP contribution in [-0.2, 0) is 0 Å². The average Bonchev–Trinajstić information content (AvgIpc) is 3.47. The highest BCUT2D eigenvalue weighted by Gasteiger charge is 2.29. The quantitative estimate of drug-likeness (QED) is 0.319. The number of nitrogens with zero attached hydrogens (tertiary/aromatic N) is 1. The molecule has 2 amide bonds. The van der Waals surface area contributed by atoms with Crippen LogP contribution < -0.4 is 20.1 Å². The highest BCUT2D eigenvalue weighted by molar-refractivity contribution is 6.16. The zero-order chi connectivity index (χ0) is 24.9. The number of aromatic amines is 2. The molecular formula is C25H22FN5O4. The first-order chi connectivity index (χ1) is 16.8. The lowest BCUT2D eigenvalue weighted by Crippen LogP contribution is -2.24. The van der Waals surface area contributed by atoms with Gasteiger partial charge < -0.3 is 25.1 Å². The number of rotatable bonds is 4. The second-order valence-electron chi connectivity index (χ2n) is 8.11. The Morgan fingerprint density at radius 1 is 1.23 bits per heavy atom. The number of ketones is 1. The van der Waals surface area contributed by atoms with Gasteiger partial charge in [-0.25, -0.2) is 9.18 Å². The van der Waals surface area contributed by atoms with Crippen molar-refractivity contribution in [2.45, 2.75) is 13.8 Å². The van der Waals surface area contributed by atoms with E-state index in [-0.39, 0.29) is 17.1 Å². The maximum atomic E-state index is 15.0. The van der Waals surface area contributed by atoms with Crippen LogP contribution in [0.2, 0.25) is 0 Å². The first-order valence-electron chi connectivity index (χ1n) is 10.8. The zero-order valence-corrected chi connectivity index (χ0v) is 19.4.